The Hall–Kier alpha value is -1.51. The molecule has 1 heterocycles. The number of ether oxygens (including phenoxy) is 2. The van der Waals surface area contributed by atoms with Crippen molar-refractivity contribution in [3.05, 3.63) is 23.8 Å². The van der Waals surface area contributed by atoms with E-state index in [2.05, 4.69) is 10.6 Å². The zero-order valence-corrected chi connectivity index (χ0v) is 14.8. The van der Waals surface area contributed by atoms with Crippen LogP contribution in [0.4, 0.5) is 18.9 Å². The number of amides is 1. The summed E-state index contributed by atoms with van der Waals surface area (Å²) in [5, 5.41) is 5.63. The minimum absolute atomic E-state index is 0. The van der Waals surface area contributed by atoms with Gasteiger partial charge in [-0.3, -0.25) is 4.79 Å². The summed E-state index contributed by atoms with van der Waals surface area (Å²) in [6, 6.07) is 3.03. The van der Waals surface area contributed by atoms with Crippen LogP contribution >= 0.6 is 12.4 Å². The molecule has 1 aromatic carbocycles. The van der Waals surface area contributed by atoms with Gasteiger partial charge < -0.3 is 20.1 Å². The molecule has 1 saturated heterocycles. The monoisotopic (exact) mass is 382 g/mol. The number of hydrogen-bond acceptors (Lipinski definition) is 4. The quantitative estimate of drug-likeness (QED) is 0.712. The molecule has 142 valence electrons. The number of anilines is 1. The van der Waals surface area contributed by atoms with Crippen molar-refractivity contribution in [1.29, 1.82) is 0 Å². The molecule has 1 fully saturated rings. The average molecular weight is 383 g/mol. The van der Waals surface area contributed by atoms with E-state index in [1.807, 2.05) is 0 Å². The molecule has 0 radical (unpaired) electrons. The third-order valence-corrected chi connectivity index (χ3v) is 4.04. The molecule has 2 rings (SSSR count). The molecule has 5 nitrogen and oxygen atoms in total. The molecule has 1 atom stereocenters. The standard InChI is InChI=1S/C16H21F3N2O3.ClH/c1-10(11-8-20-9-11)15(22)21-13-7-12(16(17,18)19)3-4-14(13)24-6-5-23-2;/h3-4,7,10-11,20H,5-6,8-9H2,1-2H3,(H,21,22);1H. The number of alkyl halides is 3. The van der Waals surface area contributed by atoms with Crippen LogP contribution in [0.3, 0.4) is 0 Å². The highest BCUT2D eigenvalue weighted by molar-refractivity contribution is 5.94. The number of benzene rings is 1. The minimum atomic E-state index is -4.49. The highest BCUT2D eigenvalue weighted by Gasteiger charge is 2.32. The first-order valence-corrected chi connectivity index (χ1v) is 7.67. The molecule has 0 aromatic heterocycles. The van der Waals surface area contributed by atoms with Crippen LogP contribution < -0.4 is 15.4 Å². The maximum Gasteiger partial charge on any atom is 0.416 e. The lowest BCUT2D eigenvalue weighted by Gasteiger charge is -2.31. The van der Waals surface area contributed by atoms with Gasteiger partial charge in [-0.1, -0.05) is 6.92 Å². The first-order valence-electron chi connectivity index (χ1n) is 7.67. The van der Waals surface area contributed by atoms with Crippen molar-refractivity contribution >= 4 is 24.0 Å². The summed E-state index contributed by atoms with van der Waals surface area (Å²) in [6.07, 6.45) is -4.49. The number of carbonyl (C=O) groups is 1. The maximum absolute atomic E-state index is 12.9. The molecule has 25 heavy (non-hydrogen) atoms. The molecular weight excluding hydrogens is 361 g/mol. The summed E-state index contributed by atoms with van der Waals surface area (Å²) in [6.45, 7) is 3.69. The van der Waals surface area contributed by atoms with Gasteiger partial charge >= 0.3 is 6.18 Å². The second-order valence-corrected chi connectivity index (χ2v) is 5.75. The van der Waals surface area contributed by atoms with Gasteiger partial charge in [-0.25, -0.2) is 0 Å². The van der Waals surface area contributed by atoms with Gasteiger partial charge in [0.15, 0.2) is 0 Å². The molecule has 1 amide bonds. The SMILES string of the molecule is COCCOc1ccc(C(F)(F)F)cc1NC(=O)C(C)C1CNC1.Cl. The van der Waals surface area contributed by atoms with E-state index in [1.54, 1.807) is 6.92 Å². The highest BCUT2D eigenvalue weighted by Crippen LogP contribution is 2.35. The van der Waals surface area contributed by atoms with Crippen molar-refractivity contribution in [3.63, 3.8) is 0 Å². The number of hydrogen-bond donors (Lipinski definition) is 2. The van der Waals surface area contributed by atoms with Crippen molar-refractivity contribution in [2.24, 2.45) is 11.8 Å². The van der Waals surface area contributed by atoms with Crippen LogP contribution in [0, 0.1) is 11.8 Å². The van der Waals surface area contributed by atoms with Crippen molar-refractivity contribution in [3.8, 4) is 5.75 Å². The Morgan fingerprint density at radius 3 is 2.56 bits per heavy atom. The van der Waals surface area contributed by atoms with Gasteiger partial charge in [0, 0.05) is 13.0 Å². The van der Waals surface area contributed by atoms with E-state index in [4.69, 9.17) is 9.47 Å². The second kappa shape index (κ2) is 9.26. The van der Waals surface area contributed by atoms with Crippen LogP contribution in [-0.4, -0.2) is 39.3 Å². The Morgan fingerprint density at radius 1 is 1.36 bits per heavy atom. The third-order valence-electron chi connectivity index (χ3n) is 4.04. The van der Waals surface area contributed by atoms with Gasteiger partial charge in [0.1, 0.15) is 12.4 Å². The summed E-state index contributed by atoms with van der Waals surface area (Å²) < 4.78 is 49.0. The Balaban J connectivity index is 0.00000312. The van der Waals surface area contributed by atoms with Crippen LogP contribution in [0.2, 0.25) is 0 Å². The van der Waals surface area contributed by atoms with Crippen LogP contribution in [0.5, 0.6) is 5.75 Å². The Morgan fingerprint density at radius 2 is 2.04 bits per heavy atom. The predicted molar refractivity (Wildman–Crippen MR) is 90.2 cm³/mol. The second-order valence-electron chi connectivity index (χ2n) is 5.75. The summed E-state index contributed by atoms with van der Waals surface area (Å²) in [7, 11) is 1.49. The van der Waals surface area contributed by atoms with E-state index >= 15 is 0 Å². The molecule has 1 aromatic rings. The molecule has 1 aliphatic rings. The average Bonchev–Trinajstić information content (AvgIpc) is 2.46. The number of rotatable bonds is 7. The summed E-state index contributed by atoms with van der Waals surface area (Å²) >= 11 is 0. The van der Waals surface area contributed by atoms with Gasteiger partial charge in [-0.05, 0) is 37.2 Å². The summed E-state index contributed by atoms with van der Waals surface area (Å²) in [4.78, 5) is 12.3. The topological polar surface area (TPSA) is 59.6 Å². The van der Waals surface area contributed by atoms with Crippen molar-refractivity contribution in [2.75, 3.05) is 38.7 Å². The maximum atomic E-state index is 12.9. The normalized spacial score (nSPS) is 15.7. The predicted octanol–water partition coefficient (Wildman–Crippen LogP) is 2.95. The van der Waals surface area contributed by atoms with E-state index in [0.29, 0.717) is 6.61 Å². The molecule has 0 spiro atoms. The third kappa shape index (κ3) is 5.76. The number of halogens is 4. The van der Waals surface area contributed by atoms with E-state index in [-0.39, 0.29) is 48.2 Å². The van der Waals surface area contributed by atoms with Crippen molar-refractivity contribution in [1.82, 2.24) is 5.32 Å². The van der Waals surface area contributed by atoms with Gasteiger partial charge in [0.2, 0.25) is 5.91 Å². The molecule has 0 saturated carbocycles. The van der Waals surface area contributed by atoms with Crippen LogP contribution in [0.1, 0.15) is 12.5 Å². The Labute approximate surface area is 150 Å². The lowest BCUT2D eigenvalue weighted by molar-refractivity contribution is -0.137. The smallest absolute Gasteiger partial charge is 0.416 e. The molecule has 0 bridgehead atoms. The molecule has 1 unspecified atom stereocenters. The van der Waals surface area contributed by atoms with Gasteiger partial charge in [0.05, 0.1) is 17.9 Å². The van der Waals surface area contributed by atoms with Gasteiger partial charge in [-0.2, -0.15) is 13.2 Å². The summed E-state index contributed by atoms with van der Waals surface area (Å²) in [5.74, 6) is -0.244. The van der Waals surface area contributed by atoms with Crippen molar-refractivity contribution < 1.29 is 27.4 Å². The lowest BCUT2D eigenvalue weighted by atomic mass is 9.88. The number of carbonyl (C=O) groups excluding carboxylic acids is 1. The van der Waals surface area contributed by atoms with Crippen LogP contribution in [-0.2, 0) is 15.7 Å². The highest BCUT2D eigenvalue weighted by atomic mass is 35.5. The van der Waals surface area contributed by atoms with E-state index in [0.717, 1.165) is 25.2 Å². The van der Waals surface area contributed by atoms with E-state index < -0.39 is 11.7 Å². The van der Waals surface area contributed by atoms with Crippen molar-refractivity contribution in [2.45, 2.75) is 13.1 Å². The molecular formula is C16H22ClF3N2O3. The van der Waals surface area contributed by atoms with Crippen LogP contribution in [0.15, 0.2) is 18.2 Å². The fraction of sp³-hybridized carbons (Fsp3) is 0.562. The number of methoxy groups -OCH3 is 1. The summed E-state index contributed by atoms with van der Waals surface area (Å²) in [5.41, 5.74) is -0.820. The largest absolute Gasteiger partial charge is 0.489 e. The Bertz CT molecular complexity index is 580. The lowest BCUT2D eigenvalue weighted by Crippen LogP contribution is -2.48. The minimum Gasteiger partial charge on any atom is -0.489 e. The van der Waals surface area contributed by atoms with E-state index in [1.165, 1.54) is 13.2 Å². The molecule has 2 N–H and O–H groups in total. The fourth-order valence-corrected chi connectivity index (χ4v) is 2.29. The van der Waals surface area contributed by atoms with E-state index in [9.17, 15) is 18.0 Å². The Kier molecular flexibility index (Phi) is 7.98. The van der Waals surface area contributed by atoms with Crippen LogP contribution in [0.25, 0.3) is 0 Å². The van der Waals surface area contributed by atoms with Gasteiger partial charge in [0.25, 0.3) is 0 Å². The molecule has 9 heteroatoms. The van der Waals surface area contributed by atoms with Gasteiger partial charge in [-0.15, -0.1) is 12.4 Å². The molecule has 1 aliphatic heterocycles. The number of nitrogens with one attached hydrogen (secondary N) is 2. The zero-order valence-electron chi connectivity index (χ0n) is 14.0. The molecule has 0 aliphatic carbocycles. The first-order chi connectivity index (χ1) is 11.3. The first kappa shape index (κ1) is 21.5. The fourth-order valence-electron chi connectivity index (χ4n) is 2.29. The zero-order chi connectivity index (χ0) is 17.7.